The summed E-state index contributed by atoms with van der Waals surface area (Å²) in [4.78, 5) is 13.8. The molecular formula is C30H44O2. The maximum atomic E-state index is 13.8. The molecule has 32 heavy (non-hydrogen) atoms. The highest BCUT2D eigenvalue weighted by molar-refractivity contribution is 6.10. The van der Waals surface area contributed by atoms with Crippen molar-refractivity contribution in [3.63, 3.8) is 0 Å². The van der Waals surface area contributed by atoms with Gasteiger partial charge in [0.2, 0.25) is 0 Å². The molecule has 2 nitrogen and oxygen atoms in total. The topological polar surface area (TPSA) is 26.3 Å². The van der Waals surface area contributed by atoms with E-state index in [1.165, 1.54) is 55.2 Å². The fourth-order valence-corrected chi connectivity index (χ4v) is 4.54. The van der Waals surface area contributed by atoms with Crippen molar-refractivity contribution in [1.82, 2.24) is 0 Å². The van der Waals surface area contributed by atoms with Gasteiger partial charge in [-0.1, -0.05) is 53.4 Å². The summed E-state index contributed by atoms with van der Waals surface area (Å²) in [5, 5.41) is 0. The maximum Gasteiger partial charge on any atom is 0.193 e. The Bertz CT molecular complexity index is 833. The molecule has 176 valence electrons. The fourth-order valence-electron chi connectivity index (χ4n) is 4.54. The zero-order chi connectivity index (χ0) is 23.3. The van der Waals surface area contributed by atoms with E-state index >= 15 is 0 Å². The highest BCUT2D eigenvalue weighted by Gasteiger charge is 2.22. The van der Waals surface area contributed by atoms with Crippen LogP contribution in [0.5, 0.6) is 5.75 Å². The van der Waals surface area contributed by atoms with Gasteiger partial charge in [-0.3, -0.25) is 4.79 Å². The Balaban J connectivity index is 2.67. The van der Waals surface area contributed by atoms with Crippen LogP contribution in [-0.4, -0.2) is 12.9 Å². The van der Waals surface area contributed by atoms with E-state index in [2.05, 4.69) is 33.8 Å². The molecule has 0 heterocycles. The molecule has 0 N–H and O–H groups in total. The van der Waals surface area contributed by atoms with Crippen molar-refractivity contribution in [2.75, 3.05) is 7.11 Å². The van der Waals surface area contributed by atoms with Gasteiger partial charge < -0.3 is 4.74 Å². The quantitative estimate of drug-likeness (QED) is 0.262. The van der Waals surface area contributed by atoms with Gasteiger partial charge in [0.05, 0.1) is 7.11 Å². The van der Waals surface area contributed by atoms with Gasteiger partial charge in [-0.25, -0.2) is 0 Å². The molecule has 0 unspecified atom stereocenters. The van der Waals surface area contributed by atoms with Crippen molar-refractivity contribution in [2.24, 2.45) is 0 Å². The first-order valence-corrected chi connectivity index (χ1v) is 13.0. The third-order valence-corrected chi connectivity index (χ3v) is 6.50. The second-order valence-corrected chi connectivity index (χ2v) is 8.99. The Labute approximate surface area is 196 Å². The van der Waals surface area contributed by atoms with E-state index in [0.29, 0.717) is 0 Å². The van der Waals surface area contributed by atoms with Crippen LogP contribution in [0.25, 0.3) is 0 Å². The maximum absolute atomic E-state index is 13.8. The van der Waals surface area contributed by atoms with Gasteiger partial charge in [0.1, 0.15) is 5.75 Å². The fraction of sp³-hybridized carbons (Fsp3) is 0.567. The summed E-state index contributed by atoms with van der Waals surface area (Å²) in [6, 6.07) is 9.88. The Hall–Kier alpha value is -2.09. The van der Waals surface area contributed by atoms with E-state index in [1.54, 1.807) is 12.7 Å². The molecule has 0 atom stereocenters. The Kier molecular flexibility index (Phi) is 11.6. The average Bonchev–Trinajstić information content (AvgIpc) is 2.83. The average molecular weight is 437 g/mol. The summed E-state index contributed by atoms with van der Waals surface area (Å²) in [6.07, 6.45) is 13.7. The van der Waals surface area contributed by atoms with Gasteiger partial charge in [-0.2, -0.15) is 0 Å². The number of methoxy groups -OCH3 is 1. The van der Waals surface area contributed by atoms with Gasteiger partial charge in [0, 0.05) is 11.1 Å². The molecule has 0 bridgehead atoms. The minimum Gasteiger partial charge on any atom is -0.497 e. The molecular weight excluding hydrogens is 392 g/mol. The zero-order valence-corrected chi connectivity index (χ0v) is 21.2. The molecule has 0 aliphatic carbocycles. The molecule has 0 aliphatic rings. The summed E-state index contributed by atoms with van der Waals surface area (Å²) in [6.45, 7) is 9.03. The molecule has 2 rings (SSSR count). The number of hydrogen-bond acceptors (Lipinski definition) is 2. The number of carbonyl (C=O) groups is 1. The molecule has 2 aromatic rings. The van der Waals surface area contributed by atoms with Crippen LogP contribution in [0.1, 0.15) is 117 Å². The number of hydrogen-bond donors (Lipinski definition) is 0. The Morgan fingerprint density at radius 2 is 1.19 bits per heavy atom. The second kappa shape index (κ2) is 14.1. The summed E-state index contributed by atoms with van der Waals surface area (Å²) in [5.41, 5.74) is 7.51. The van der Waals surface area contributed by atoms with Crippen LogP contribution in [0.4, 0.5) is 0 Å². The Morgan fingerprint density at radius 3 is 1.72 bits per heavy atom. The van der Waals surface area contributed by atoms with Crippen molar-refractivity contribution >= 4 is 5.78 Å². The number of ether oxygens (including phenoxy) is 1. The van der Waals surface area contributed by atoms with E-state index in [4.69, 9.17) is 4.74 Å². The van der Waals surface area contributed by atoms with Gasteiger partial charge in [-0.15, -0.1) is 0 Å². The molecule has 0 fully saturated rings. The molecule has 2 aromatic carbocycles. The standard InChI is InChI=1S/C30H44O2/c1-6-10-14-24-22-29(30(31)23-18-20-25(32-5)21-19-23)28(17-13-9-4)27(16-12-8-3)26(24)15-11-7-2/h18-22H,6-17H2,1-5H3. The lowest BCUT2D eigenvalue weighted by molar-refractivity contribution is 0.103. The predicted octanol–water partition coefficient (Wildman–Crippen LogP) is 8.30. The van der Waals surface area contributed by atoms with Gasteiger partial charge in [-0.05, 0) is 104 Å². The minimum atomic E-state index is 0.163. The number of rotatable bonds is 15. The van der Waals surface area contributed by atoms with E-state index in [9.17, 15) is 4.79 Å². The second-order valence-electron chi connectivity index (χ2n) is 8.99. The molecule has 0 saturated carbocycles. The van der Waals surface area contributed by atoms with Crippen molar-refractivity contribution in [3.05, 3.63) is 63.7 Å². The Morgan fingerprint density at radius 1 is 0.688 bits per heavy atom. The number of benzene rings is 2. The van der Waals surface area contributed by atoms with Crippen LogP contribution in [0, 0.1) is 0 Å². The minimum absolute atomic E-state index is 0.163. The van der Waals surface area contributed by atoms with Crippen LogP contribution in [0.3, 0.4) is 0 Å². The van der Waals surface area contributed by atoms with E-state index in [1.807, 2.05) is 24.3 Å². The molecule has 2 heteroatoms. The highest BCUT2D eigenvalue weighted by atomic mass is 16.5. The lowest BCUT2D eigenvalue weighted by atomic mass is 9.81. The van der Waals surface area contributed by atoms with E-state index in [-0.39, 0.29) is 5.78 Å². The van der Waals surface area contributed by atoms with E-state index < -0.39 is 0 Å². The third-order valence-electron chi connectivity index (χ3n) is 6.50. The van der Waals surface area contributed by atoms with Crippen LogP contribution in [0.2, 0.25) is 0 Å². The molecule has 0 aromatic heterocycles. The van der Waals surface area contributed by atoms with Crippen LogP contribution >= 0.6 is 0 Å². The number of aryl methyl sites for hydroxylation is 1. The van der Waals surface area contributed by atoms with Gasteiger partial charge in [0.15, 0.2) is 5.78 Å². The van der Waals surface area contributed by atoms with Crippen LogP contribution in [-0.2, 0) is 25.7 Å². The monoisotopic (exact) mass is 436 g/mol. The lowest BCUT2D eigenvalue weighted by Crippen LogP contribution is -2.14. The number of unbranched alkanes of at least 4 members (excludes halogenated alkanes) is 4. The molecule has 0 amide bonds. The SMILES string of the molecule is CCCCc1cc(C(=O)c2ccc(OC)cc2)c(CCCC)c(CCCC)c1CCCC. The molecule has 0 radical (unpaired) electrons. The summed E-state index contributed by atoms with van der Waals surface area (Å²) >= 11 is 0. The van der Waals surface area contributed by atoms with Gasteiger partial charge >= 0.3 is 0 Å². The first-order chi connectivity index (χ1) is 15.6. The highest BCUT2D eigenvalue weighted by Crippen LogP contribution is 2.31. The largest absolute Gasteiger partial charge is 0.497 e. The first kappa shape index (κ1) is 26.2. The number of carbonyl (C=O) groups excluding carboxylic acids is 1. The normalized spacial score (nSPS) is 11.0. The smallest absolute Gasteiger partial charge is 0.193 e. The zero-order valence-electron chi connectivity index (χ0n) is 21.2. The third kappa shape index (κ3) is 6.95. The van der Waals surface area contributed by atoms with Crippen molar-refractivity contribution in [3.8, 4) is 5.75 Å². The molecule has 0 aliphatic heterocycles. The first-order valence-electron chi connectivity index (χ1n) is 13.0. The van der Waals surface area contributed by atoms with Crippen molar-refractivity contribution < 1.29 is 9.53 Å². The number of ketones is 1. The summed E-state index contributed by atoms with van der Waals surface area (Å²) < 4.78 is 5.30. The van der Waals surface area contributed by atoms with Crippen LogP contribution in [0.15, 0.2) is 30.3 Å². The lowest BCUT2D eigenvalue weighted by Gasteiger charge is -2.23. The molecule has 0 saturated heterocycles. The summed E-state index contributed by atoms with van der Waals surface area (Å²) in [5.74, 6) is 0.950. The predicted molar refractivity (Wildman–Crippen MR) is 137 cm³/mol. The van der Waals surface area contributed by atoms with Crippen molar-refractivity contribution in [1.29, 1.82) is 0 Å². The summed E-state index contributed by atoms with van der Waals surface area (Å²) in [7, 11) is 1.66. The van der Waals surface area contributed by atoms with Crippen LogP contribution < -0.4 is 4.74 Å². The molecule has 0 spiro atoms. The van der Waals surface area contributed by atoms with Crippen molar-refractivity contribution in [2.45, 2.75) is 105 Å². The van der Waals surface area contributed by atoms with Gasteiger partial charge in [0.25, 0.3) is 0 Å². The van der Waals surface area contributed by atoms with E-state index in [0.717, 1.165) is 55.4 Å².